The van der Waals surface area contributed by atoms with Gasteiger partial charge in [-0.25, -0.2) is 9.18 Å². The van der Waals surface area contributed by atoms with Gasteiger partial charge in [-0.05, 0) is 30.2 Å². The van der Waals surface area contributed by atoms with Gasteiger partial charge in [0.05, 0.1) is 28.9 Å². The third kappa shape index (κ3) is 2.88. The van der Waals surface area contributed by atoms with Gasteiger partial charge in [0.1, 0.15) is 11.9 Å². The standard InChI is InChI=1S/C24H22FN3O3/c1-14-4-6-15(7-5-14)19-18-20(26(2)24(30)27(3)23(18)29)21-22(31-13-12-28(19)21)16-8-10-17(25)11-9-16/h4-11,22H,12-13H2,1-3H3/t22-/m1/s1. The van der Waals surface area contributed by atoms with E-state index in [1.54, 1.807) is 19.2 Å². The molecule has 3 heterocycles. The Labute approximate surface area is 177 Å². The van der Waals surface area contributed by atoms with Crippen molar-refractivity contribution in [3.05, 3.63) is 92.0 Å². The topological polar surface area (TPSA) is 58.2 Å². The second-order valence-electron chi connectivity index (χ2n) is 7.98. The number of aryl methyl sites for hydroxylation is 2. The van der Waals surface area contributed by atoms with Crippen LogP contribution in [-0.4, -0.2) is 20.3 Å². The fourth-order valence-corrected chi connectivity index (χ4v) is 4.48. The summed E-state index contributed by atoms with van der Waals surface area (Å²) in [6.45, 7) is 2.99. The van der Waals surface area contributed by atoms with Crippen LogP contribution in [0.1, 0.15) is 22.9 Å². The first-order valence-corrected chi connectivity index (χ1v) is 10.1. The van der Waals surface area contributed by atoms with E-state index in [0.29, 0.717) is 24.1 Å². The van der Waals surface area contributed by atoms with Crippen molar-refractivity contribution >= 4 is 10.9 Å². The second kappa shape index (κ2) is 7.06. The van der Waals surface area contributed by atoms with Crippen molar-refractivity contribution in [3.8, 4) is 11.3 Å². The summed E-state index contributed by atoms with van der Waals surface area (Å²) in [6, 6.07) is 14.1. The van der Waals surface area contributed by atoms with E-state index in [9.17, 15) is 14.0 Å². The molecule has 7 heteroatoms. The van der Waals surface area contributed by atoms with Crippen LogP contribution in [0.25, 0.3) is 22.2 Å². The Bertz CT molecular complexity index is 1430. The van der Waals surface area contributed by atoms with Gasteiger partial charge in [0.15, 0.2) is 0 Å². The fourth-order valence-electron chi connectivity index (χ4n) is 4.48. The molecule has 1 aliphatic rings. The molecule has 4 aromatic rings. The van der Waals surface area contributed by atoms with Gasteiger partial charge in [-0.15, -0.1) is 0 Å². The Morgan fingerprint density at radius 1 is 0.968 bits per heavy atom. The van der Waals surface area contributed by atoms with E-state index in [0.717, 1.165) is 32.6 Å². The molecule has 5 rings (SSSR count). The smallest absolute Gasteiger partial charge is 0.331 e. The number of fused-ring (bicyclic) bond motifs is 3. The van der Waals surface area contributed by atoms with Crippen LogP contribution in [0.4, 0.5) is 4.39 Å². The first kappa shape index (κ1) is 19.5. The maximum absolute atomic E-state index is 13.5. The minimum Gasteiger partial charge on any atom is -0.365 e. The van der Waals surface area contributed by atoms with E-state index in [1.165, 1.54) is 23.7 Å². The van der Waals surface area contributed by atoms with Gasteiger partial charge >= 0.3 is 5.69 Å². The Balaban J connectivity index is 1.93. The van der Waals surface area contributed by atoms with Crippen molar-refractivity contribution in [2.24, 2.45) is 14.1 Å². The number of nitrogens with zero attached hydrogens (tertiary/aromatic N) is 3. The second-order valence-corrected chi connectivity index (χ2v) is 7.98. The molecule has 0 amide bonds. The van der Waals surface area contributed by atoms with Crippen molar-refractivity contribution in [2.75, 3.05) is 6.61 Å². The molecule has 2 aromatic carbocycles. The van der Waals surface area contributed by atoms with E-state index < -0.39 is 11.8 Å². The number of aromatic nitrogens is 3. The Morgan fingerprint density at radius 3 is 2.32 bits per heavy atom. The predicted octanol–water partition coefficient (Wildman–Crippen LogP) is 3.27. The molecule has 0 aliphatic carbocycles. The molecule has 0 saturated heterocycles. The lowest BCUT2D eigenvalue weighted by molar-refractivity contribution is 0.0478. The van der Waals surface area contributed by atoms with Crippen molar-refractivity contribution in [1.29, 1.82) is 0 Å². The molecule has 1 atom stereocenters. The quantitative estimate of drug-likeness (QED) is 0.501. The van der Waals surface area contributed by atoms with Crippen LogP contribution in [0, 0.1) is 12.7 Å². The largest absolute Gasteiger partial charge is 0.365 e. The minimum absolute atomic E-state index is 0.332. The molecule has 158 valence electrons. The summed E-state index contributed by atoms with van der Waals surface area (Å²) < 4.78 is 24.4. The lowest BCUT2D eigenvalue weighted by Crippen LogP contribution is -2.37. The lowest BCUT2D eigenvalue weighted by Gasteiger charge is -2.27. The lowest BCUT2D eigenvalue weighted by atomic mass is 10.0. The maximum atomic E-state index is 13.5. The average molecular weight is 419 g/mol. The van der Waals surface area contributed by atoms with Crippen molar-refractivity contribution < 1.29 is 9.13 Å². The first-order valence-electron chi connectivity index (χ1n) is 10.1. The van der Waals surface area contributed by atoms with Crippen LogP contribution in [0.5, 0.6) is 0 Å². The highest BCUT2D eigenvalue weighted by Crippen LogP contribution is 2.40. The molecule has 2 aromatic heterocycles. The van der Waals surface area contributed by atoms with Gasteiger partial charge in [-0.1, -0.05) is 42.0 Å². The van der Waals surface area contributed by atoms with E-state index in [1.807, 2.05) is 31.2 Å². The highest BCUT2D eigenvalue weighted by molar-refractivity contribution is 5.96. The normalized spacial score (nSPS) is 15.9. The molecule has 0 radical (unpaired) electrons. The van der Waals surface area contributed by atoms with Crippen LogP contribution < -0.4 is 11.2 Å². The van der Waals surface area contributed by atoms with Crippen LogP contribution in [0.2, 0.25) is 0 Å². The molecule has 0 spiro atoms. The summed E-state index contributed by atoms with van der Waals surface area (Å²) in [5.74, 6) is -0.332. The van der Waals surface area contributed by atoms with E-state index in [2.05, 4.69) is 4.57 Å². The predicted molar refractivity (Wildman–Crippen MR) is 117 cm³/mol. The number of halogens is 1. The van der Waals surface area contributed by atoms with Crippen molar-refractivity contribution in [1.82, 2.24) is 13.7 Å². The molecule has 31 heavy (non-hydrogen) atoms. The van der Waals surface area contributed by atoms with Crippen LogP contribution in [0.15, 0.2) is 58.1 Å². The third-order valence-electron chi connectivity index (χ3n) is 6.05. The maximum Gasteiger partial charge on any atom is 0.331 e. The Kier molecular flexibility index (Phi) is 4.44. The first-order chi connectivity index (χ1) is 14.9. The number of hydrogen-bond acceptors (Lipinski definition) is 3. The molecular formula is C24H22FN3O3. The summed E-state index contributed by atoms with van der Waals surface area (Å²) in [6.07, 6.45) is -0.520. The zero-order valence-corrected chi connectivity index (χ0v) is 17.6. The summed E-state index contributed by atoms with van der Waals surface area (Å²) >= 11 is 0. The third-order valence-corrected chi connectivity index (χ3v) is 6.05. The van der Waals surface area contributed by atoms with Gasteiger partial charge in [-0.2, -0.15) is 0 Å². The number of rotatable bonds is 2. The number of benzene rings is 2. The molecule has 0 N–H and O–H groups in total. The van der Waals surface area contributed by atoms with E-state index >= 15 is 0 Å². The van der Waals surface area contributed by atoms with Crippen LogP contribution in [-0.2, 0) is 25.4 Å². The van der Waals surface area contributed by atoms with Gasteiger partial charge < -0.3 is 9.30 Å². The highest BCUT2D eigenvalue weighted by Gasteiger charge is 2.33. The average Bonchev–Trinajstić information content (AvgIpc) is 3.13. The van der Waals surface area contributed by atoms with Crippen molar-refractivity contribution in [2.45, 2.75) is 19.6 Å². The number of hydrogen-bond donors (Lipinski definition) is 0. The van der Waals surface area contributed by atoms with Gasteiger partial charge in [0.25, 0.3) is 5.56 Å². The van der Waals surface area contributed by atoms with Crippen LogP contribution >= 0.6 is 0 Å². The van der Waals surface area contributed by atoms with Gasteiger partial charge in [0, 0.05) is 20.6 Å². The minimum atomic E-state index is -0.520. The van der Waals surface area contributed by atoms with Gasteiger partial charge in [0.2, 0.25) is 0 Å². The summed E-state index contributed by atoms with van der Waals surface area (Å²) in [7, 11) is 3.16. The van der Waals surface area contributed by atoms with Gasteiger partial charge in [-0.3, -0.25) is 13.9 Å². The summed E-state index contributed by atoms with van der Waals surface area (Å²) in [4.78, 5) is 26.1. The molecule has 1 aliphatic heterocycles. The number of ether oxygens (including phenoxy) is 1. The molecule has 0 saturated carbocycles. The van der Waals surface area contributed by atoms with Crippen molar-refractivity contribution in [3.63, 3.8) is 0 Å². The molecule has 6 nitrogen and oxygen atoms in total. The molecule has 0 fully saturated rings. The molecule has 0 bridgehead atoms. The molecule has 0 unspecified atom stereocenters. The highest BCUT2D eigenvalue weighted by atomic mass is 19.1. The summed E-state index contributed by atoms with van der Waals surface area (Å²) in [5.41, 5.74) is 4.11. The Morgan fingerprint density at radius 2 is 1.65 bits per heavy atom. The SMILES string of the molecule is Cc1ccc(-c2c3c(=O)n(C)c(=O)n(C)c3c3n2CCO[C@@H]3c2ccc(F)cc2)cc1. The zero-order valence-electron chi connectivity index (χ0n) is 17.6. The van der Waals surface area contributed by atoms with Crippen LogP contribution in [0.3, 0.4) is 0 Å². The fraction of sp³-hybridized carbons (Fsp3) is 0.250. The monoisotopic (exact) mass is 419 g/mol. The van der Waals surface area contributed by atoms with E-state index in [4.69, 9.17) is 4.74 Å². The Hall–Kier alpha value is -3.45. The zero-order chi connectivity index (χ0) is 21.9. The summed E-state index contributed by atoms with van der Waals surface area (Å²) in [5, 5.41) is 0.487. The molecular weight excluding hydrogens is 397 g/mol. The van der Waals surface area contributed by atoms with E-state index in [-0.39, 0.29) is 11.4 Å².